The third-order valence-electron chi connectivity index (χ3n) is 1.60. The standard InChI is InChI=1S/C6H7NOS/c8-5-4-6-7(5)2-1-3-9-6/h1-2,6H,3-4H2/t6-/m0/s1. The van der Waals surface area contributed by atoms with Gasteiger partial charge in [-0.15, -0.1) is 11.8 Å². The molecule has 0 unspecified atom stereocenters. The highest BCUT2D eigenvalue weighted by atomic mass is 32.2. The lowest BCUT2D eigenvalue weighted by molar-refractivity contribution is -0.137. The van der Waals surface area contributed by atoms with Gasteiger partial charge in [0.05, 0.1) is 11.8 Å². The van der Waals surface area contributed by atoms with Crippen molar-refractivity contribution in [1.82, 2.24) is 4.90 Å². The molecule has 1 atom stereocenters. The number of carbonyl (C=O) groups excluding carboxylic acids is 1. The summed E-state index contributed by atoms with van der Waals surface area (Å²) < 4.78 is 0. The van der Waals surface area contributed by atoms with Crippen LogP contribution in [0.5, 0.6) is 0 Å². The van der Waals surface area contributed by atoms with Gasteiger partial charge in [0.15, 0.2) is 0 Å². The van der Waals surface area contributed by atoms with Crippen molar-refractivity contribution in [3.05, 3.63) is 12.3 Å². The number of rotatable bonds is 0. The van der Waals surface area contributed by atoms with Crippen molar-refractivity contribution in [3.63, 3.8) is 0 Å². The Balaban J connectivity index is 2.16. The number of β-lactam (4-membered cyclic amide) rings is 1. The number of thioether (sulfide) groups is 1. The predicted molar refractivity (Wildman–Crippen MR) is 36.8 cm³/mol. The van der Waals surface area contributed by atoms with Crippen LogP contribution in [0.2, 0.25) is 0 Å². The fourth-order valence-electron chi connectivity index (χ4n) is 1.04. The first-order chi connectivity index (χ1) is 4.38. The van der Waals surface area contributed by atoms with Crippen molar-refractivity contribution in [2.24, 2.45) is 0 Å². The van der Waals surface area contributed by atoms with Gasteiger partial charge in [-0.3, -0.25) is 4.79 Å². The third kappa shape index (κ3) is 0.678. The Kier molecular flexibility index (Phi) is 1.05. The fraction of sp³-hybridized carbons (Fsp3) is 0.500. The second kappa shape index (κ2) is 1.77. The minimum Gasteiger partial charge on any atom is -0.306 e. The van der Waals surface area contributed by atoms with Gasteiger partial charge in [-0.05, 0) is 0 Å². The van der Waals surface area contributed by atoms with E-state index in [1.165, 1.54) is 0 Å². The summed E-state index contributed by atoms with van der Waals surface area (Å²) in [6, 6.07) is 0. The zero-order chi connectivity index (χ0) is 6.27. The zero-order valence-corrected chi connectivity index (χ0v) is 5.73. The van der Waals surface area contributed by atoms with Crippen LogP contribution in [-0.4, -0.2) is 21.9 Å². The van der Waals surface area contributed by atoms with Gasteiger partial charge in [0.25, 0.3) is 0 Å². The van der Waals surface area contributed by atoms with Crippen LogP contribution in [0.3, 0.4) is 0 Å². The summed E-state index contributed by atoms with van der Waals surface area (Å²) in [5, 5.41) is 0.475. The molecule has 0 aliphatic carbocycles. The Morgan fingerprint density at radius 2 is 2.67 bits per heavy atom. The van der Waals surface area contributed by atoms with Crippen LogP contribution in [0.15, 0.2) is 12.3 Å². The number of hydrogen-bond acceptors (Lipinski definition) is 2. The Labute approximate surface area is 57.9 Å². The van der Waals surface area contributed by atoms with E-state index in [1.807, 2.05) is 24.0 Å². The summed E-state index contributed by atoms with van der Waals surface area (Å²) >= 11 is 1.84. The topological polar surface area (TPSA) is 20.3 Å². The van der Waals surface area contributed by atoms with Crippen LogP contribution >= 0.6 is 11.8 Å². The molecule has 2 heterocycles. The minimum atomic E-state index is 0.267. The first kappa shape index (κ1) is 5.35. The Bertz CT molecular complexity index is 178. The van der Waals surface area contributed by atoms with E-state index in [2.05, 4.69) is 0 Å². The maximum absolute atomic E-state index is 10.7. The maximum Gasteiger partial charge on any atom is 0.230 e. The first-order valence-electron chi connectivity index (χ1n) is 2.97. The summed E-state index contributed by atoms with van der Waals surface area (Å²) in [6.45, 7) is 0. The summed E-state index contributed by atoms with van der Waals surface area (Å²) in [5.41, 5.74) is 0. The van der Waals surface area contributed by atoms with Crippen molar-refractivity contribution >= 4 is 17.7 Å². The molecule has 0 radical (unpaired) electrons. The van der Waals surface area contributed by atoms with Crippen LogP contribution in [-0.2, 0) is 4.79 Å². The van der Waals surface area contributed by atoms with E-state index >= 15 is 0 Å². The number of amides is 1. The van der Waals surface area contributed by atoms with Gasteiger partial charge in [0, 0.05) is 12.0 Å². The van der Waals surface area contributed by atoms with E-state index in [9.17, 15) is 4.79 Å². The average Bonchev–Trinajstić information content (AvgIpc) is 1.86. The number of hydrogen-bond donors (Lipinski definition) is 0. The molecule has 1 saturated heterocycles. The number of nitrogens with zero attached hydrogens (tertiary/aromatic N) is 1. The molecule has 1 fully saturated rings. The molecule has 0 bridgehead atoms. The highest BCUT2D eigenvalue weighted by Crippen LogP contribution is 2.32. The second-order valence-corrected chi connectivity index (χ2v) is 3.39. The SMILES string of the molecule is O=C1C[C@@H]2SCC=CN12. The summed E-state index contributed by atoms with van der Waals surface area (Å²) in [7, 11) is 0. The van der Waals surface area contributed by atoms with Crippen LogP contribution < -0.4 is 0 Å². The van der Waals surface area contributed by atoms with Gasteiger partial charge in [-0.2, -0.15) is 0 Å². The molecule has 0 aromatic heterocycles. The number of fused-ring (bicyclic) bond motifs is 1. The van der Waals surface area contributed by atoms with E-state index in [0.717, 1.165) is 12.2 Å². The van der Waals surface area contributed by atoms with Crippen LogP contribution in [0.25, 0.3) is 0 Å². The van der Waals surface area contributed by atoms with E-state index < -0.39 is 0 Å². The smallest absolute Gasteiger partial charge is 0.230 e. The highest BCUT2D eigenvalue weighted by Gasteiger charge is 2.35. The second-order valence-electron chi connectivity index (χ2n) is 2.18. The lowest BCUT2D eigenvalue weighted by atomic mass is 10.2. The molecule has 48 valence electrons. The van der Waals surface area contributed by atoms with Crippen LogP contribution in [0.1, 0.15) is 6.42 Å². The van der Waals surface area contributed by atoms with Crippen molar-refractivity contribution in [3.8, 4) is 0 Å². The Morgan fingerprint density at radius 3 is 3.22 bits per heavy atom. The molecule has 0 aromatic rings. The van der Waals surface area contributed by atoms with Gasteiger partial charge in [0.1, 0.15) is 0 Å². The quantitative estimate of drug-likeness (QED) is 0.465. The van der Waals surface area contributed by atoms with E-state index in [4.69, 9.17) is 0 Å². The molecule has 0 N–H and O–H groups in total. The largest absolute Gasteiger partial charge is 0.306 e. The van der Waals surface area contributed by atoms with Crippen LogP contribution in [0, 0.1) is 0 Å². The number of carbonyl (C=O) groups is 1. The summed E-state index contributed by atoms with van der Waals surface area (Å²) in [6.07, 6.45) is 4.67. The molecule has 2 rings (SSSR count). The van der Waals surface area contributed by atoms with E-state index in [-0.39, 0.29) is 5.91 Å². The van der Waals surface area contributed by atoms with Crippen molar-refractivity contribution in [2.45, 2.75) is 11.8 Å². The molecular formula is C6H7NOS. The van der Waals surface area contributed by atoms with Gasteiger partial charge >= 0.3 is 0 Å². The minimum absolute atomic E-state index is 0.267. The highest BCUT2D eigenvalue weighted by molar-refractivity contribution is 8.00. The van der Waals surface area contributed by atoms with Gasteiger partial charge < -0.3 is 4.90 Å². The molecule has 2 aliphatic rings. The van der Waals surface area contributed by atoms with Gasteiger partial charge in [0.2, 0.25) is 5.91 Å². The molecule has 3 heteroatoms. The molecule has 0 spiro atoms. The lowest BCUT2D eigenvalue weighted by Crippen LogP contribution is -2.48. The van der Waals surface area contributed by atoms with Gasteiger partial charge in [-0.25, -0.2) is 0 Å². The molecule has 2 nitrogen and oxygen atoms in total. The molecule has 9 heavy (non-hydrogen) atoms. The lowest BCUT2D eigenvalue weighted by Gasteiger charge is -2.39. The third-order valence-corrected chi connectivity index (χ3v) is 2.76. The van der Waals surface area contributed by atoms with Gasteiger partial charge in [-0.1, -0.05) is 6.08 Å². The molecule has 0 aromatic carbocycles. The van der Waals surface area contributed by atoms with E-state index in [0.29, 0.717) is 5.37 Å². The zero-order valence-electron chi connectivity index (χ0n) is 4.91. The monoisotopic (exact) mass is 141 g/mol. The average molecular weight is 141 g/mol. The predicted octanol–water partition coefficient (Wildman–Crippen LogP) is 0.805. The van der Waals surface area contributed by atoms with Crippen molar-refractivity contribution in [2.75, 3.05) is 5.75 Å². The van der Waals surface area contributed by atoms with Crippen LogP contribution in [0.4, 0.5) is 0 Å². The molecular weight excluding hydrogens is 134 g/mol. The molecule has 1 amide bonds. The summed E-state index contributed by atoms with van der Waals surface area (Å²) in [5.74, 6) is 1.33. The normalized spacial score (nSPS) is 31.8. The van der Waals surface area contributed by atoms with Crippen molar-refractivity contribution < 1.29 is 4.79 Å². The Morgan fingerprint density at radius 1 is 1.78 bits per heavy atom. The van der Waals surface area contributed by atoms with E-state index in [1.54, 1.807) is 4.90 Å². The molecule has 2 aliphatic heterocycles. The fourth-order valence-corrected chi connectivity index (χ4v) is 2.07. The first-order valence-corrected chi connectivity index (χ1v) is 4.02. The van der Waals surface area contributed by atoms with Crippen molar-refractivity contribution in [1.29, 1.82) is 0 Å². The molecule has 0 saturated carbocycles. The Hall–Kier alpha value is -0.440. The maximum atomic E-state index is 10.7. The summed E-state index contributed by atoms with van der Waals surface area (Å²) in [4.78, 5) is 12.5.